The van der Waals surface area contributed by atoms with Crippen LogP contribution in [0.2, 0.25) is 0 Å². The van der Waals surface area contributed by atoms with Gasteiger partial charge in [-0.2, -0.15) is 0 Å². The van der Waals surface area contributed by atoms with Crippen LogP contribution in [0.3, 0.4) is 0 Å². The van der Waals surface area contributed by atoms with Gasteiger partial charge in [-0.3, -0.25) is 14.2 Å². The molecule has 4 aromatic rings. The SMILES string of the molecule is COC(=O)c1c(-c2ccccc2)c2cc(C(N)=O)ccc2c(=O)n1Cc1ccc(C(=O)O)cc1. The molecule has 0 radical (unpaired) electrons. The number of esters is 1. The number of ether oxygens (including phenoxy) is 1. The highest BCUT2D eigenvalue weighted by atomic mass is 16.5. The van der Waals surface area contributed by atoms with E-state index in [-0.39, 0.29) is 23.4 Å². The van der Waals surface area contributed by atoms with Gasteiger partial charge in [0.1, 0.15) is 5.69 Å². The molecule has 3 N–H and O–H groups in total. The molecule has 8 heteroatoms. The molecule has 8 nitrogen and oxygen atoms in total. The van der Waals surface area contributed by atoms with E-state index in [4.69, 9.17) is 15.6 Å². The molecular formula is C26H20N2O6. The first-order valence-corrected chi connectivity index (χ1v) is 10.3. The number of carboxylic acid groups (broad SMARTS) is 1. The average molecular weight is 456 g/mol. The van der Waals surface area contributed by atoms with E-state index in [1.165, 1.54) is 42.0 Å². The minimum atomic E-state index is -1.07. The molecule has 0 saturated heterocycles. The van der Waals surface area contributed by atoms with Crippen molar-refractivity contribution in [1.29, 1.82) is 0 Å². The Morgan fingerprint density at radius 2 is 1.56 bits per heavy atom. The van der Waals surface area contributed by atoms with Crippen molar-refractivity contribution in [3.63, 3.8) is 0 Å². The van der Waals surface area contributed by atoms with Crippen molar-refractivity contribution in [3.8, 4) is 11.1 Å². The summed E-state index contributed by atoms with van der Waals surface area (Å²) in [5.41, 5.74) is 6.99. The van der Waals surface area contributed by atoms with Crippen LogP contribution in [0.5, 0.6) is 0 Å². The molecule has 3 aromatic carbocycles. The Morgan fingerprint density at radius 1 is 0.912 bits per heavy atom. The van der Waals surface area contributed by atoms with Crippen LogP contribution in [0, 0.1) is 0 Å². The molecule has 0 fully saturated rings. The number of carboxylic acids is 1. The van der Waals surface area contributed by atoms with Crippen molar-refractivity contribution in [2.24, 2.45) is 5.73 Å². The van der Waals surface area contributed by atoms with Crippen molar-refractivity contribution in [3.05, 3.63) is 106 Å². The van der Waals surface area contributed by atoms with Crippen LogP contribution >= 0.6 is 0 Å². The Bertz CT molecular complexity index is 1490. The number of methoxy groups -OCH3 is 1. The number of pyridine rings is 1. The van der Waals surface area contributed by atoms with Crippen molar-refractivity contribution in [2.45, 2.75) is 6.54 Å². The third-order valence-electron chi connectivity index (χ3n) is 5.54. The maximum Gasteiger partial charge on any atom is 0.355 e. The van der Waals surface area contributed by atoms with Crippen LogP contribution in [-0.2, 0) is 11.3 Å². The zero-order valence-electron chi connectivity index (χ0n) is 18.1. The van der Waals surface area contributed by atoms with Gasteiger partial charge in [-0.25, -0.2) is 9.59 Å². The van der Waals surface area contributed by atoms with E-state index in [1.54, 1.807) is 36.4 Å². The largest absolute Gasteiger partial charge is 0.478 e. The number of amides is 1. The number of primary amides is 1. The zero-order chi connectivity index (χ0) is 24.4. The number of carbonyl (C=O) groups is 3. The normalized spacial score (nSPS) is 10.7. The quantitative estimate of drug-likeness (QED) is 0.429. The van der Waals surface area contributed by atoms with E-state index in [0.29, 0.717) is 27.5 Å². The van der Waals surface area contributed by atoms with Gasteiger partial charge in [0.05, 0.1) is 19.2 Å². The summed E-state index contributed by atoms with van der Waals surface area (Å²) >= 11 is 0. The topological polar surface area (TPSA) is 129 Å². The maximum atomic E-state index is 13.6. The van der Waals surface area contributed by atoms with Crippen LogP contribution in [-0.4, -0.2) is 34.6 Å². The van der Waals surface area contributed by atoms with Gasteiger partial charge in [-0.1, -0.05) is 42.5 Å². The number of nitrogens with two attached hydrogens (primary N) is 1. The smallest absolute Gasteiger partial charge is 0.355 e. The number of aromatic carboxylic acids is 1. The van der Waals surface area contributed by atoms with Gasteiger partial charge in [-0.15, -0.1) is 0 Å². The first-order valence-electron chi connectivity index (χ1n) is 10.3. The molecule has 4 rings (SSSR count). The second-order valence-corrected chi connectivity index (χ2v) is 7.60. The Morgan fingerprint density at radius 3 is 2.15 bits per heavy atom. The van der Waals surface area contributed by atoms with E-state index in [9.17, 15) is 19.2 Å². The standard InChI is InChI=1S/C26H20N2O6/c1-34-26(33)22-21(16-5-3-2-4-6-16)20-13-18(23(27)29)11-12-19(20)24(30)28(22)14-15-7-9-17(10-8-15)25(31)32/h2-13H,14H2,1H3,(H2,27,29)(H,31,32). The third-order valence-corrected chi connectivity index (χ3v) is 5.54. The van der Waals surface area contributed by atoms with Crippen LogP contribution in [0.1, 0.15) is 36.8 Å². The summed E-state index contributed by atoms with van der Waals surface area (Å²) in [5, 5.41) is 9.84. The highest BCUT2D eigenvalue weighted by Gasteiger charge is 2.25. The number of nitrogens with zero attached hydrogens (tertiary/aromatic N) is 1. The van der Waals surface area contributed by atoms with Gasteiger partial charge in [0.25, 0.3) is 5.56 Å². The molecule has 0 aliphatic carbocycles. The lowest BCUT2D eigenvalue weighted by molar-refractivity contribution is 0.0587. The lowest BCUT2D eigenvalue weighted by atomic mass is 9.95. The summed E-state index contributed by atoms with van der Waals surface area (Å²) in [5.74, 6) is -2.46. The fourth-order valence-corrected chi connectivity index (χ4v) is 3.89. The summed E-state index contributed by atoms with van der Waals surface area (Å²) < 4.78 is 6.34. The lowest BCUT2D eigenvalue weighted by Crippen LogP contribution is -2.29. The van der Waals surface area contributed by atoms with Gasteiger partial charge >= 0.3 is 11.9 Å². The van der Waals surface area contributed by atoms with Gasteiger partial charge < -0.3 is 15.6 Å². The molecule has 0 saturated carbocycles. The molecule has 0 spiro atoms. The van der Waals surface area contributed by atoms with Crippen molar-refractivity contribution in [2.75, 3.05) is 7.11 Å². The lowest BCUT2D eigenvalue weighted by Gasteiger charge is -2.19. The number of carbonyl (C=O) groups excluding carboxylic acids is 2. The Balaban J connectivity index is 2.07. The van der Waals surface area contributed by atoms with E-state index in [0.717, 1.165) is 0 Å². The molecule has 1 amide bonds. The highest BCUT2D eigenvalue weighted by Crippen LogP contribution is 2.32. The van der Waals surface area contributed by atoms with Crippen molar-refractivity contribution < 1.29 is 24.2 Å². The van der Waals surface area contributed by atoms with Gasteiger partial charge in [-0.05, 0) is 46.8 Å². The number of benzene rings is 3. The fraction of sp³-hybridized carbons (Fsp3) is 0.0769. The minimum absolute atomic E-state index is 0.00346. The molecule has 1 aromatic heterocycles. The Hall–Kier alpha value is -4.72. The Labute approximate surface area is 193 Å². The molecule has 0 bridgehead atoms. The number of fused-ring (bicyclic) bond motifs is 1. The Kier molecular flexibility index (Phi) is 5.97. The van der Waals surface area contributed by atoms with Crippen molar-refractivity contribution in [1.82, 2.24) is 4.57 Å². The number of hydrogen-bond donors (Lipinski definition) is 2. The second kappa shape index (κ2) is 9.03. The van der Waals surface area contributed by atoms with Crippen molar-refractivity contribution >= 4 is 28.6 Å². The minimum Gasteiger partial charge on any atom is -0.478 e. The summed E-state index contributed by atoms with van der Waals surface area (Å²) in [7, 11) is 1.22. The van der Waals surface area contributed by atoms with Gasteiger partial charge in [0, 0.05) is 16.5 Å². The molecule has 0 aliphatic rings. The first kappa shape index (κ1) is 22.5. The highest BCUT2D eigenvalue weighted by molar-refractivity contribution is 6.08. The molecule has 0 aliphatic heterocycles. The third kappa shape index (κ3) is 4.04. The van der Waals surface area contributed by atoms with Gasteiger partial charge in [0.2, 0.25) is 5.91 Å². The molecule has 0 unspecified atom stereocenters. The monoisotopic (exact) mass is 456 g/mol. The van der Waals surface area contributed by atoms with E-state index >= 15 is 0 Å². The summed E-state index contributed by atoms with van der Waals surface area (Å²) in [6, 6.07) is 19.5. The fourth-order valence-electron chi connectivity index (χ4n) is 3.89. The predicted molar refractivity (Wildman–Crippen MR) is 126 cm³/mol. The van der Waals surface area contributed by atoms with Gasteiger partial charge in [0.15, 0.2) is 0 Å². The zero-order valence-corrected chi connectivity index (χ0v) is 18.1. The van der Waals surface area contributed by atoms with E-state index < -0.39 is 23.4 Å². The van der Waals surface area contributed by atoms with E-state index in [1.807, 2.05) is 6.07 Å². The predicted octanol–water partition coefficient (Wildman–Crippen LogP) is 3.30. The number of hydrogen-bond acceptors (Lipinski definition) is 5. The van der Waals surface area contributed by atoms with Crippen LogP contribution in [0.25, 0.3) is 21.9 Å². The molecule has 0 atom stereocenters. The average Bonchev–Trinajstić information content (AvgIpc) is 2.85. The number of aromatic nitrogens is 1. The maximum absolute atomic E-state index is 13.6. The first-order chi connectivity index (χ1) is 16.3. The van der Waals surface area contributed by atoms with Crippen LogP contribution in [0.4, 0.5) is 0 Å². The summed E-state index contributed by atoms with van der Waals surface area (Å²) in [6.07, 6.45) is 0. The summed E-state index contributed by atoms with van der Waals surface area (Å²) in [6.45, 7) is -0.00346. The number of rotatable bonds is 6. The van der Waals surface area contributed by atoms with Crippen LogP contribution < -0.4 is 11.3 Å². The molecule has 34 heavy (non-hydrogen) atoms. The van der Waals surface area contributed by atoms with E-state index in [2.05, 4.69) is 0 Å². The van der Waals surface area contributed by atoms with Crippen LogP contribution in [0.15, 0.2) is 77.6 Å². The summed E-state index contributed by atoms with van der Waals surface area (Å²) in [4.78, 5) is 49.6. The second-order valence-electron chi connectivity index (χ2n) is 7.60. The molecular weight excluding hydrogens is 436 g/mol. The molecule has 170 valence electrons. The molecule has 1 heterocycles.